The third kappa shape index (κ3) is 2.64. The molecule has 0 aliphatic carbocycles. The van der Waals surface area contributed by atoms with E-state index in [0.717, 1.165) is 16.9 Å². The zero-order chi connectivity index (χ0) is 14.9. The Labute approximate surface area is 116 Å². The molecule has 0 saturated carbocycles. The zero-order valence-electron chi connectivity index (χ0n) is 11.8. The van der Waals surface area contributed by atoms with Crippen molar-refractivity contribution in [2.75, 3.05) is 14.1 Å². The Morgan fingerprint density at radius 1 is 1.35 bits per heavy atom. The Morgan fingerprint density at radius 2 is 2.05 bits per heavy atom. The van der Waals surface area contributed by atoms with Crippen LogP contribution in [0.3, 0.4) is 0 Å². The highest BCUT2D eigenvalue weighted by Gasteiger charge is 2.12. The van der Waals surface area contributed by atoms with Gasteiger partial charge in [0.25, 0.3) is 0 Å². The van der Waals surface area contributed by atoms with Crippen LogP contribution < -0.4 is 0 Å². The van der Waals surface area contributed by atoms with E-state index in [4.69, 9.17) is 5.11 Å². The van der Waals surface area contributed by atoms with Gasteiger partial charge >= 0.3 is 5.97 Å². The normalized spacial score (nSPS) is 10.8. The van der Waals surface area contributed by atoms with Gasteiger partial charge in [-0.1, -0.05) is 0 Å². The van der Waals surface area contributed by atoms with Crippen molar-refractivity contribution in [2.45, 2.75) is 19.9 Å². The molecule has 1 N–H and O–H groups in total. The second kappa shape index (κ2) is 5.32. The van der Waals surface area contributed by atoms with Gasteiger partial charge in [0.1, 0.15) is 5.82 Å². The van der Waals surface area contributed by atoms with Crippen molar-refractivity contribution in [2.24, 2.45) is 0 Å². The first-order chi connectivity index (χ1) is 9.40. The van der Waals surface area contributed by atoms with Crippen molar-refractivity contribution < 1.29 is 14.7 Å². The van der Waals surface area contributed by atoms with Gasteiger partial charge in [-0.25, -0.2) is 9.78 Å². The summed E-state index contributed by atoms with van der Waals surface area (Å²) >= 11 is 0. The van der Waals surface area contributed by atoms with Crippen molar-refractivity contribution >= 4 is 22.9 Å². The number of carboxylic acid groups (broad SMARTS) is 1. The molecular weight excluding hydrogens is 258 g/mol. The third-order valence-electron chi connectivity index (χ3n) is 3.23. The van der Waals surface area contributed by atoms with E-state index in [9.17, 15) is 9.59 Å². The lowest BCUT2D eigenvalue weighted by Gasteiger charge is -2.11. The van der Waals surface area contributed by atoms with E-state index >= 15 is 0 Å². The molecule has 1 aromatic carbocycles. The molecule has 1 aromatic heterocycles. The van der Waals surface area contributed by atoms with Gasteiger partial charge in [0, 0.05) is 27.1 Å². The van der Waals surface area contributed by atoms with E-state index in [1.54, 1.807) is 26.2 Å². The highest BCUT2D eigenvalue weighted by atomic mass is 16.4. The van der Waals surface area contributed by atoms with Gasteiger partial charge in [-0.05, 0) is 25.1 Å². The molecule has 2 aromatic rings. The smallest absolute Gasteiger partial charge is 0.335 e. The van der Waals surface area contributed by atoms with Crippen molar-refractivity contribution in [3.8, 4) is 0 Å². The lowest BCUT2D eigenvalue weighted by atomic mass is 10.2. The van der Waals surface area contributed by atoms with Gasteiger partial charge in [-0.2, -0.15) is 0 Å². The molecule has 2 rings (SSSR count). The number of hydrogen-bond donors (Lipinski definition) is 1. The number of imidazole rings is 1. The first-order valence-corrected chi connectivity index (χ1v) is 6.30. The van der Waals surface area contributed by atoms with E-state index in [2.05, 4.69) is 4.98 Å². The van der Waals surface area contributed by atoms with E-state index in [1.807, 2.05) is 11.5 Å². The number of hydrogen-bond acceptors (Lipinski definition) is 3. The molecular formula is C14H17N3O3. The first-order valence-electron chi connectivity index (χ1n) is 6.30. The first kappa shape index (κ1) is 14.0. The highest BCUT2D eigenvalue weighted by molar-refractivity contribution is 5.92. The molecule has 0 aliphatic heterocycles. The van der Waals surface area contributed by atoms with Gasteiger partial charge in [0.05, 0.1) is 16.6 Å². The number of aromatic nitrogens is 2. The van der Waals surface area contributed by atoms with E-state index in [-0.39, 0.29) is 11.5 Å². The van der Waals surface area contributed by atoms with Crippen LogP contribution in [0.5, 0.6) is 0 Å². The Hall–Kier alpha value is -2.37. The van der Waals surface area contributed by atoms with Crippen LogP contribution in [0.2, 0.25) is 0 Å². The van der Waals surface area contributed by atoms with Crippen LogP contribution in [0, 0.1) is 6.92 Å². The minimum atomic E-state index is -0.971. The molecule has 0 atom stereocenters. The molecule has 1 heterocycles. The zero-order valence-corrected chi connectivity index (χ0v) is 11.8. The summed E-state index contributed by atoms with van der Waals surface area (Å²) in [4.78, 5) is 28.6. The molecule has 1 amide bonds. The Kier molecular flexibility index (Phi) is 3.74. The summed E-state index contributed by atoms with van der Waals surface area (Å²) in [5.74, 6) is -0.170. The van der Waals surface area contributed by atoms with E-state index in [0.29, 0.717) is 13.0 Å². The number of carbonyl (C=O) groups is 2. The van der Waals surface area contributed by atoms with Gasteiger partial charge < -0.3 is 14.6 Å². The summed E-state index contributed by atoms with van der Waals surface area (Å²) in [5, 5.41) is 9.04. The number of fused-ring (bicyclic) bond motifs is 1. The molecule has 0 bridgehead atoms. The largest absolute Gasteiger partial charge is 0.478 e. The van der Waals surface area contributed by atoms with Crippen LogP contribution in [-0.4, -0.2) is 45.5 Å². The summed E-state index contributed by atoms with van der Waals surface area (Å²) in [6.07, 6.45) is 0.358. The molecule has 106 valence electrons. The maximum atomic E-state index is 11.7. The molecule has 6 nitrogen and oxygen atoms in total. The molecule has 0 radical (unpaired) electrons. The fourth-order valence-corrected chi connectivity index (χ4v) is 2.09. The Morgan fingerprint density at radius 3 is 2.65 bits per heavy atom. The maximum absolute atomic E-state index is 11.7. The maximum Gasteiger partial charge on any atom is 0.335 e. The van der Waals surface area contributed by atoms with Crippen molar-refractivity contribution in [1.29, 1.82) is 0 Å². The quantitative estimate of drug-likeness (QED) is 0.918. The summed E-state index contributed by atoms with van der Waals surface area (Å²) in [7, 11) is 3.42. The standard InChI is InChI=1S/C14H17N3O3/c1-9-15-11-5-4-10(14(19)20)8-12(11)17(9)7-6-13(18)16(2)3/h4-5,8H,6-7H2,1-3H3,(H,19,20). The van der Waals surface area contributed by atoms with Gasteiger partial charge in [0.15, 0.2) is 0 Å². The van der Waals surface area contributed by atoms with E-state index in [1.165, 1.54) is 11.0 Å². The van der Waals surface area contributed by atoms with Crippen LogP contribution >= 0.6 is 0 Å². The summed E-state index contributed by atoms with van der Waals surface area (Å²) in [6.45, 7) is 2.34. The number of aryl methyl sites for hydroxylation is 2. The summed E-state index contributed by atoms with van der Waals surface area (Å²) in [6, 6.07) is 4.82. The second-order valence-corrected chi connectivity index (χ2v) is 4.86. The predicted molar refractivity (Wildman–Crippen MR) is 74.7 cm³/mol. The summed E-state index contributed by atoms with van der Waals surface area (Å²) < 4.78 is 1.88. The van der Waals surface area contributed by atoms with Crippen LogP contribution in [0.15, 0.2) is 18.2 Å². The lowest BCUT2D eigenvalue weighted by molar-refractivity contribution is -0.128. The van der Waals surface area contributed by atoms with Crippen molar-refractivity contribution in [3.05, 3.63) is 29.6 Å². The van der Waals surface area contributed by atoms with Gasteiger partial charge in [0.2, 0.25) is 5.91 Å². The van der Waals surface area contributed by atoms with Crippen LogP contribution in [-0.2, 0) is 11.3 Å². The number of carboxylic acids is 1. The molecule has 0 unspecified atom stereocenters. The fourth-order valence-electron chi connectivity index (χ4n) is 2.09. The predicted octanol–water partition coefficient (Wildman–Crippen LogP) is 1.52. The third-order valence-corrected chi connectivity index (χ3v) is 3.23. The average molecular weight is 275 g/mol. The summed E-state index contributed by atoms with van der Waals surface area (Å²) in [5.41, 5.74) is 1.70. The topological polar surface area (TPSA) is 75.4 Å². The van der Waals surface area contributed by atoms with Crippen LogP contribution in [0.1, 0.15) is 22.6 Å². The number of nitrogens with zero attached hydrogens (tertiary/aromatic N) is 3. The van der Waals surface area contributed by atoms with Crippen molar-refractivity contribution in [1.82, 2.24) is 14.5 Å². The fraction of sp³-hybridized carbons (Fsp3) is 0.357. The molecule has 0 saturated heterocycles. The van der Waals surface area contributed by atoms with Crippen molar-refractivity contribution in [3.63, 3.8) is 0 Å². The average Bonchev–Trinajstić information content (AvgIpc) is 2.70. The van der Waals surface area contributed by atoms with Gasteiger partial charge in [-0.3, -0.25) is 4.79 Å². The van der Waals surface area contributed by atoms with Gasteiger partial charge in [-0.15, -0.1) is 0 Å². The highest BCUT2D eigenvalue weighted by Crippen LogP contribution is 2.18. The molecule has 0 fully saturated rings. The number of rotatable bonds is 4. The van der Waals surface area contributed by atoms with Crippen LogP contribution in [0.4, 0.5) is 0 Å². The van der Waals surface area contributed by atoms with Crippen LogP contribution in [0.25, 0.3) is 11.0 Å². The lowest BCUT2D eigenvalue weighted by Crippen LogP contribution is -2.23. The SMILES string of the molecule is Cc1nc2ccc(C(=O)O)cc2n1CCC(=O)N(C)C. The number of aromatic carboxylic acids is 1. The molecule has 20 heavy (non-hydrogen) atoms. The Bertz CT molecular complexity index is 674. The minimum Gasteiger partial charge on any atom is -0.478 e. The monoisotopic (exact) mass is 275 g/mol. The molecule has 0 aliphatic rings. The molecule has 0 spiro atoms. The number of carbonyl (C=O) groups excluding carboxylic acids is 1. The second-order valence-electron chi connectivity index (χ2n) is 4.86. The minimum absolute atomic E-state index is 0.0284. The number of amides is 1. The molecule has 6 heteroatoms. The number of benzene rings is 1. The Balaban J connectivity index is 2.36. The van der Waals surface area contributed by atoms with E-state index < -0.39 is 5.97 Å².